The van der Waals surface area contributed by atoms with Gasteiger partial charge >= 0.3 is 6.18 Å². The molecule has 0 fully saturated rings. The van der Waals surface area contributed by atoms with Gasteiger partial charge in [-0.1, -0.05) is 24.3 Å². The number of nitrogens with one attached hydrogen (secondary N) is 2. The van der Waals surface area contributed by atoms with E-state index >= 15 is 0 Å². The van der Waals surface area contributed by atoms with Gasteiger partial charge in [0.1, 0.15) is 6.04 Å². The maximum absolute atomic E-state index is 13.3. The molecule has 0 aromatic heterocycles. The smallest absolute Gasteiger partial charge is 0.298 e. The summed E-state index contributed by atoms with van der Waals surface area (Å²) in [4.78, 5) is 11.7. The highest BCUT2D eigenvalue weighted by Gasteiger charge is 2.30. The highest BCUT2D eigenvalue weighted by Crippen LogP contribution is 2.29. The minimum absolute atomic E-state index is 0.00238. The van der Waals surface area contributed by atoms with E-state index in [4.69, 9.17) is 5.21 Å². The first kappa shape index (κ1) is 18.8. The van der Waals surface area contributed by atoms with Gasteiger partial charge in [-0.05, 0) is 29.3 Å². The third-order valence-corrected chi connectivity index (χ3v) is 3.41. The van der Waals surface area contributed by atoms with E-state index in [1.165, 1.54) is 17.6 Å². The SMILES string of the molecule is O=C(NO)C(NCc1cccc(C(F)(F)F)c1)c1ccc(F)c(F)c1. The normalized spacial score (nSPS) is 12.7. The van der Waals surface area contributed by atoms with Crippen molar-refractivity contribution >= 4 is 5.91 Å². The molecule has 0 aliphatic heterocycles. The number of alkyl halides is 3. The molecule has 1 atom stereocenters. The van der Waals surface area contributed by atoms with Crippen LogP contribution in [0.5, 0.6) is 0 Å². The van der Waals surface area contributed by atoms with E-state index in [1.807, 2.05) is 0 Å². The third-order valence-electron chi connectivity index (χ3n) is 3.41. The van der Waals surface area contributed by atoms with Crippen molar-refractivity contribution in [1.82, 2.24) is 10.8 Å². The molecule has 0 radical (unpaired) electrons. The molecular formula is C16H13F5N2O2. The average Bonchev–Trinajstić information content (AvgIpc) is 2.57. The zero-order valence-electron chi connectivity index (χ0n) is 12.6. The van der Waals surface area contributed by atoms with E-state index in [-0.39, 0.29) is 17.7 Å². The Morgan fingerprint density at radius 3 is 2.40 bits per heavy atom. The van der Waals surface area contributed by atoms with Crippen LogP contribution in [-0.4, -0.2) is 11.1 Å². The number of hydroxylamine groups is 1. The molecule has 0 aliphatic rings. The Bertz CT molecular complexity index is 764. The Hall–Kier alpha value is -2.52. The zero-order chi connectivity index (χ0) is 18.6. The van der Waals surface area contributed by atoms with E-state index in [0.717, 1.165) is 30.3 Å². The summed E-state index contributed by atoms with van der Waals surface area (Å²) in [6.45, 7) is -0.180. The molecular weight excluding hydrogens is 347 g/mol. The van der Waals surface area contributed by atoms with Crippen LogP contribution in [0.1, 0.15) is 22.7 Å². The van der Waals surface area contributed by atoms with Crippen molar-refractivity contribution in [3.63, 3.8) is 0 Å². The monoisotopic (exact) mass is 360 g/mol. The predicted molar refractivity (Wildman–Crippen MR) is 77.3 cm³/mol. The Kier molecular flexibility index (Phi) is 5.70. The second-order valence-electron chi connectivity index (χ2n) is 5.16. The average molecular weight is 360 g/mol. The Labute approximate surface area is 139 Å². The Morgan fingerprint density at radius 1 is 1.08 bits per heavy atom. The number of amides is 1. The number of hydrogen-bond acceptors (Lipinski definition) is 3. The largest absolute Gasteiger partial charge is 0.416 e. The van der Waals surface area contributed by atoms with Crippen LogP contribution in [0.25, 0.3) is 0 Å². The molecule has 25 heavy (non-hydrogen) atoms. The molecule has 2 aromatic rings. The van der Waals surface area contributed by atoms with Gasteiger partial charge in [-0.3, -0.25) is 15.3 Å². The van der Waals surface area contributed by atoms with Gasteiger partial charge in [-0.2, -0.15) is 13.2 Å². The minimum atomic E-state index is -4.52. The summed E-state index contributed by atoms with van der Waals surface area (Å²) in [6, 6.07) is 5.79. The second kappa shape index (κ2) is 7.58. The van der Waals surface area contributed by atoms with Crippen LogP contribution in [0.2, 0.25) is 0 Å². The van der Waals surface area contributed by atoms with Crippen LogP contribution in [-0.2, 0) is 17.5 Å². The molecule has 2 rings (SSSR count). The van der Waals surface area contributed by atoms with Gasteiger partial charge in [-0.25, -0.2) is 14.3 Å². The maximum Gasteiger partial charge on any atom is 0.416 e. The minimum Gasteiger partial charge on any atom is -0.298 e. The number of carbonyl (C=O) groups is 1. The van der Waals surface area contributed by atoms with Gasteiger partial charge < -0.3 is 0 Å². The Balaban J connectivity index is 2.21. The molecule has 0 bridgehead atoms. The van der Waals surface area contributed by atoms with Crippen LogP contribution in [0.3, 0.4) is 0 Å². The molecule has 0 heterocycles. The van der Waals surface area contributed by atoms with Crippen LogP contribution in [0, 0.1) is 11.6 Å². The fraction of sp³-hybridized carbons (Fsp3) is 0.188. The van der Waals surface area contributed by atoms with Crippen molar-refractivity contribution in [1.29, 1.82) is 0 Å². The number of benzene rings is 2. The second-order valence-corrected chi connectivity index (χ2v) is 5.16. The molecule has 0 spiro atoms. The lowest BCUT2D eigenvalue weighted by Crippen LogP contribution is -2.36. The van der Waals surface area contributed by atoms with Crippen molar-refractivity contribution in [2.24, 2.45) is 0 Å². The highest BCUT2D eigenvalue weighted by atomic mass is 19.4. The lowest BCUT2D eigenvalue weighted by Gasteiger charge is -2.18. The standard InChI is InChI=1S/C16H13F5N2O2/c17-12-5-4-10(7-13(12)18)14(15(24)23-25)22-8-9-2-1-3-11(6-9)16(19,20)21/h1-7,14,22,25H,8H2,(H,23,24). The fourth-order valence-electron chi connectivity index (χ4n) is 2.20. The molecule has 0 aliphatic carbocycles. The third kappa shape index (κ3) is 4.74. The summed E-state index contributed by atoms with van der Waals surface area (Å²) >= 11 is 0. The van der Waals surface area contributed by atoms with E-state index < -0.39 is 35.3 Å². The van der Waals surface area contributed by atoms with E-state index in [0.29, 0.717) is 0 Å². The molecule has 1 amide bonds. The van der Waals surface area contributed by atoms with Gasteiger partial charge in [0.05, 0.1) is 5.56 Å². The fourth-order valence-corrected chi connectivity index (χ4v) is 2.20. The summed E-state index contributed by atoms with van der Waals surface area (Å²) in [6.07, 6.45) is -4.52. The number of halogens is 5. The molecule has 0 saturated heterocycles. The van der Waals surface area contributed by atoms with Crippen molar-refractivity contribution in [2.45, 2.75) is 18.8 Å². The van der Waals surface area contributed by atoms with E-state index in [1.54, 1.807) is 0 Å². The molecule has 9 heteroatoms. The first-order valence-corrected chi connectivity index (χ1v) is 7.01. The number of hydrogen-bond donors (Lipinski definition) is 3. The summed E-state index contributed by atoms with van der Waals surface area (Å²) in [5, 5.41) is 11.4. The van der Waals surface area contributed by atoms with E-state index in [9.17, 15) is 26.7 Å². The summed E-state index contributed by atoms with van der Waals surface area (Å²) in [5.41, 5.74) is 0.727. The van der Waals surface area contributed by atoms with Crippen LogP contribution in [0.15, 0.2) is 42.5 Å². The van der Waals surface area contributed by atoms with Crippen molar-refractivity contribution in [3.8, 4) is 0 Å². The van der Waals surface area contributed by atoms with Gasteiger partial charge in [-0.15, -0.1) is 0 Å². The molecule has 3 N–H and O–H groups in total. The number of carbonyl (C=O) groups excluding carboxylic acids is 1. The maximum atomic E-state index is 13.3. The van der Waals surface area contributed by atoms with Gasteiger partial charge in [0.25, 0.3) is 5.91 Å². The molecule has 2 aromatic carbocycles. The summed E-state index contributed by atoms with van der Waals surface area (Å²) in [7, 11) is 0. The van der Waals surface area contributed by atoms with Gasteiger partial charge in [0.2, 0.25) is 0 Å². The first-order chi connectivity index (χ1) is 11.7. The van der Waals surface area contributed by atoms with Crippen molar-refractivity contribution in [3.05, 3.63) is 70.8 Å². The van der Waals surface area contributed by atoms with Crippen molar-refractivity contribution in [2.75, 3.05) is 0 Å². The van der Waals surface area contributed by atoms with Gasteiger partial charge in [0, 0.05) is 6.54 Å². The van der Waals surface area contributed by atoms with Crippen LogP contribution < -0.4 is 10.8 Å². The van der Waals surface area contributed by atoms with Gasteiger partial charge in [0.15, 0.2) is 11.6 Å². The van der Waals surface area contributed by atoms with Crippen molar-refractivity contribution < 1.29 is 32.0 Å². The quantitative estimate of drug-likeness (QED) is 0.436. The summed E-state index contributed by atoms with van der Waals surface area (Å²) in [5.74, 6) is -3.29. The van der Waals surface area contributed by atoms with E-state index in [2.05, 4.69) is 5.32 Å². The summed E-state index contributed by atoms with van der Waals surface area (Å²) < 4.78 is 64.4. The Morgan fingerprint density at radius 2 is 1.80 bits per heavy atom. The number of rotatable bonds is 5. The van der Waals surface area contributed by atoms with Crippen LogP contribution >= 0.6 is 0 Å². The predicted octanol–water partition coefficient (Wildman–Crippen LogP) is 3.32. The molecule has 1 unspecified atom stereocenters. The molecule has 0 saturated carbocycles. The zero-order valence-corrected chi connectivity index (χ0v) is 12.6. The molecule has 134 valence electrons. The molecule has 4 nitrogen and oxygen atoms in total. The lowest BCUT2D eigenvalue weighted by molar-refractivity contribution is -0.137. The topological polar surface area (TPSA) is 61.4 Å². The first-order valence-electron chi connectivity index (χ1n) is 7.01. The highest BCUT2D eigenvalue weighted by molar-refractivity contribution is 5.82. The lowest BCUT2D eigenvalue weighted by atomic mass is 10.0. The van der Waals surface area contributed by atoms with Crippen LogP contribution in [0.4, 0.5) is 22.0 Å².